The lowest BCUT2D eigenvalue weighted by molar-refractivity contribution is 0.363. The van der Waals surface area contributed by atoms with Crippen LogP contribution in [-0.2, 0) is 0 Å². The first-order chi connectivity index (χ1) is 8.50. The second kappa shape index (κ2) is 5.62. The van der Waals surface area contributed by atoms with Gasteiger partial charge < -0.3 is 10.6 Å². The molecule has 1 heterocycles. The largest absolute Gasteiger partial charge is 0.368 e. The van der Waals surface area contributed by atoms with Crippen molar-refractivity contribution in [2.24, 2.45) is 11.7 Å². The summed E-state index contributed by atoms with van der Waals surface area (Å²) in [4.78, 5) is 2.52. The Hall–Kier alpha value is -0.540. The zero-order valence-corrected chi connectivity index (χ0v) is 13.1. The summed E-state index contributed by atoms with van der Waals surface area (Å²) >= 11 is 3.70. The molecule has 2 unspecified atom stereocenters. The molecule has 2 N–H and O–H groups in total. The van der Waals surface area contributed by atoms with Gasteiger partial charge in [-0.1, -0.05) is 13.0 Å². The van der Waals surface area contributed by atoms with Crippen LogP contribution in [0, 0.1) is 5.92 Å². The topological polar surface area (TPSA) is 29.3 Å². The van der Waals surface area contributed by atoms with E-state index in [1.165, 1.54) is 28.6 Å². The quantitative estimate of drug-likeness (QED) is 0.891. The molecule has 1 aliphatic rings. The summed E-state index contributed by atoms with van der Waals surface area (Å²) in [6.07, 6.45) is 2.63. The van der Waals surface area contributed by atoms with E-state index in [-0.39, 0.29) is 6.04 Å². The maximum atomic E-state index is 5.93. The molecule has 1 saturated heterocycles. The van der Waals surface area contributed by atoms with Crippen molar-refractivity contribution in [3.05, 3.63) is 28.2 Å². The van der Waals surface area contributed by atoms with Crippen molar-refractivity contribution in [3.8, 4) is 0 Å². The van der Waals surface area contributed by atoms with Gasteiger partial charge in [0.05, 0.1) is 5.69 Å². The summed E-state index contributed by atoms with van der Waals surface area (Å²) in [7, 11) is 0. The molecular formula is C15H23BrN2. The molecule has 3 atom stereocenters. The lowest BCUT2D eigenvalue weighted by Gasteiger charge is -2.40. The average molecular weight is 311 g/mol. The first-order valence-electron chi connectivity index (χ1n) is 6.82. The molecule has 2 nitrogen and oxygen atoms in total. The van der Waals surface area contributed by atoms with Gasteiger partial charge in [-0.15, -0.1) is 0 Å². The van der Waals surface area contributed by atoms with Crippen LogP contribution >= 0.6 is 15.9 Å². The second-order valence-electron chi connectivity index (χ2n) is 5.55. The standard InChI is InChI=1S/C15H23BrN2/c1-10-5-4-8-18(12(10)3)15-7-6-13(11(2)17)9-14(15)16/h6-7,9-12H,4-5,8,17H2,1-3H3/t10?,11-,12?/m1/s1. The fraction of sp³-hybridized carbons (Fsp3) is 0.600. The van der Waals surface area contributed by atoms with Gasteiger partial charge in [-0.3, -0.25) is 0 Å². The van der Waals surface area contributed by atoms with Crippen LogP contribution in [-0.4, -0.2) is 12.6 Å². The highest BCUT2D eigenvalue weighted by atomic mass is 79.9. The molecule has 100 valence electrons. The number of anilines is 1. The van der Waals surface area contributed by atoms with Crippen molar-refractivity contribution in [3.63, 3.8) is 0 Å². The van der Waals surface area contributed by atoms with E-state index in [1.54, 1.807) is 0 Å². The van der Waals surface area contributed by atoms with E-state index < -0.39 is 0 Å². The molecule has 0 radical (unpaired) electrons. The Morgan fingerprint density at radius 2 is 2.11 bits per heavy atom. The number of rotatable bonds is 2. The number of nitrogens with zero attached hydrogens (tertiary/aromatic N) is 1. The molecule has 1 fully saturated rings. The molecule has 0 saturated carbocycles. The summed E-state index contributed by atoms with van der Waals surface area (Å²) in [5.74, 6) is 0.763. The van der Waals surface area contributed by atoms with Crippen molar-refractivity contribution in [2.75, 3.05) is 11.4 Å². The number of halogens is 1. The van der Waals surface area contributed by atoms with E-state index in [9.17, 15) is 0 Å². The van der Waals surface area contributed by atoms with Crippen LogP contribution in [0.25, 0.3) is 0 Å². The summed E-state index contributed by atoms with van der Waals surface area (Å²) in [6.45, 7) is 7.85. The Balaban J connectivity index is 2.27. The minimum Gasteiger partial charge on any atom is -0.368 e. The maximum Gasteiger partial charge on any atom is 0.0513 e. The third kappa shape index (κ3) is 2.72. The number of piperidine rings is 1. The molecule has 0 aliphatic carbocycles. The zero-order chi connectivity index (χ0) is 13.3. The van der Waals surface area contributed by atoms with Gasteiger partial charge in [0.1, 0.15) is 0 Å². The minimum absolute atomic E-state index is 0.0908. The molecule has 18 heavy (non-hydrogen) atoms. The van der Waals surface area contributed by atoms with Gasteiger partial charge >= 0.3 is 0 Å². The minimum atomic E-state index is 0.0908. The number of benzene rings is 1. The Morgan fingerprint density at radius 1 is 1.39 bits per heavy atom. The maximum absolute atomic E-state index is 5.93. The Bertz CT molecular complexity index is 417. The average Bonchev–Trinajstić information content (AvgIpc) is 2.33. The van der Waals surface area contributed by atoms with Gasteiger partial charge in [-0.05, 0) is 66.2 Å². The van der Waals surface area contributed by atoms with Gasteiger partial charge in [0.15, 0.2) is 0 Å². The van der Waals surface area contributed by atoms with Gasteiger partial charge in [0.25, 0.3) is 0 Å². The van der Waals surface area contributed by atoms with E-state index in [0.29, 0.717) is 6.04 Å². The highest BCUT2D eigenvalue weighted by Gasteiger charge is 2.26. The Kier molecular flexibility index (Phi) is 4.33. The number of hydrogen-bond donors (Lipinski definition) is 1. The lowest BCUT2D eigenvalue weighted by Crippen LogP contribution is -2.42. The smallest absolute Gasteiger partial charge is 0.0513 e. The molecular weight excluding hydrogens is 288 g/mol. The fourth-order valence-corrected chi connectivity index (χ4v) is 3.34. The Morgan fingerprint density at radius 3 is 2.72 bits per heavy atom. The normalized spacial score (nSPS) is 26.2. The number of hydrogen-bond acceptors (Lipinski definition) is 2. The van der Waals surface area contributed by atoms with Crippen LogP contribution in [0.5, 0.6) is 0 Å². The highest BCUT2D eigenvalue weighted by molar-refractivity contribution is 9.10. The molecule has 0 bridgehead atoms. The van der Waals surface area contributed by atoms with E-state index in [0.717, 1.165) is 12.5 Å². The molecule has 0 spiro atoms. The lowest BCUT2D eigenvalue weighted by atomic mass is 9.91. The third-order valence-electron chi connectivity index (χ3n) is 4.18. The van der Waals surface area contributed by atoms with E-state index in [2.05, 4.69) is 52.9 Å². The van der Waals surface area contributed by atoms with Crippen molar-refractivity contribution in [2.45, 2.75) is 45.7 Å². The van der Waals surface area contributed by atoms with Crippen LogP contribution in [0.2, 0.25) is 0 Å². The summed E-state index contributed by atoms with van der Waals surface area (Å²) in [5, 5.41) is 0. The second-order valence-corrected chi connectivity index (χ2v) is 6.41. The molecule has 1 aromatic rings. The van der Waals surface area contributed by atoms with Crippen molar-refractivity contribution in [1.29, 1.82) is 0 Å². The predicted molar refractivity (Wildman–Crippen MR) is 82.0 cm³/mol. The van der Waals surface area contributed by atoms with Crippen LogP contribution in [0.1, 0.15) is 45.2 Å². The molecule has 1 aromatic carbocycles. The van der Waals surface area contributed by atoms with Crippen molar-refractivity contribution >= 4 is 21.6 Å². The summed E-state index contributed by atoms with van der Waals surface area (Å²) < 4.78 is 1.17. The van der Waals surface area contributed by atoms with Gasteiger partial charge in [-0.25, -0.2) is 0 Å². The fourth-order valence-electron chi connectivity index (χ4n) is 2.71. The summed E-state index contributed by atoms with van der Waals surface area (Å²) in [5.41, 5.74) is 8.41. The first-order valence-corrected chi connectivity index (χ1v) is 7.61. The Labute approximate surface area is 119 Å². The van der Waals surface area contributed by atoms with Crippen molar-refractivity contribution in [1.82, 2.24) is 0 Å². The highest BCUT2D eigenvalue weighted by Crippen LogP contribution is 2.34. The van der Waals surface area contributed by atoms with Gasteiger partial charge in [0.2, 0.25) is 0 Å². The monoisotopic (exact) mass is 310 g/mol. The van der Waals surface area contributed by atoms with E-state index in [4.69, 9.17) is 5.73 Å². The van der Waals surface area contributed by atoms with Crippen LogP contribution in [0.3, 0.4) is 0 Å². The number of nitrogens with two attached hydrogens (primary N) is 1. The SMILES string of the molecule is CC1CCCN(c2ccc([C@@H](C)N)cc2Br)C1C. The van der Waals surface area contributed by atoms with Crippen LogP contribution < -0.4 is 10.6 Å². The van der Waals surface area contributed by atoms with Gasteiger partial charge in [-0.2, -0.15) is 0 Å². The van der Waals surface area contributed by atoms with Gasteiger partial charge in [0, 0.05) is 23.1 Å². The van der Waals surface area contributed by atoms with E-state index >= 15 is 0 Å². The van der Waals surface area contributed by atoms with Crippen LogP contribution in [0.4, 0.5) is 5.69 Å². The zero-order valence-electron chi connectivity index (χ0n) is 11.5. The third-order valence-corrected chi connectivity index (χ3v) is 4.82. The molecule has 3 heteroatoms. The molecule has 2 rings (SSSR count). The van der Waals surface area contributed by atoms with E-state index in [1.807, 2.05) is 6.92 Å². The summed E-state index contributed by atoms with van der Waals surface area (Å²) in [6, 6.07) is 7.21. The van der Waals surface area contributed by atoms with Crippen LogP contribution in [0.15, 0.2) is 22.7 Å². The molecule has 0 amide bonds. The first kappa shape index (κ1) is 13.9. The predicted octanol–water partition coefficient (Wildman–Crippen LogP) is 4.09. The molecule has 1 aliphatic heterocycles. The van der Waals surface area contributed by atoms with Crippen molar-refractivity contribution < 1.29 is 0 Å². The molecule has 0 aromatic heterocycles.